The molecule has 2 aromatic rings. The second-order valence-corrected chi connectivity index (χ2v) is 5.82. The largest absolute Gasteiger partial charge is 0.465 e. The quantitative estimate of drug-likeness (QED) is 0.603. The van der Waals surface area contributed by atoms with Gasteiger partial charge in [0.2, 0.25) is 0 Å². The summed E-state index contributed by atoms with van der Waals surface area (Å²) in [5.74, 6) is 0.689. The molecule has 0 spiro atoms. The van der Waals surface area contributed by atoms with Gasteiger partial charge in [-0.1, -0.05) is 11.6 Å². The van der Waals surface area contributed by atoms with Crippen molar-refractivity contribution in [2.45, 2.75) is 12.7 Å². The summed E-state index contributed by atoms with van der Waals surface area (Å²) in [6, 6.07) is 1.74. The highest BCUT2D eigenvalue weighted by molar-refractivity contribution is 9.10. The third kappa shape index (κ3) is 3.61. The number of esters is 1. The van der Waals surface area contributed by atoms with E-state index >= 15 is 0 Å². The Morgan fingerprint density at radius 1 is 1.63 bits per heavy atom. The summed E-state index contributed by atoms with van der Waals surface area (Å²) >= 11 is 10.8. The first-order valence-electron chi connectivity index (χ1n) is 5.54. The number of rotatable bonds is 5. The lowest BCUT2D eigenvalue weighted by atomic mass is 10.4. The van der Waals surface area contributed by atoms with Gasteiger partial charge in [0, 0.05) is 5.75 Å². The maximum atomic E-state index is 11.3. The van der Waals surface area contributed by atoms with E-state index in [-0.39, 0.29) is 5.97 Å². The van der Waals surface area contributed by atoms with Gasteiger partial charge in [0.05, 0.1) is 28.7 Å². The summed E-state index contributed by atoms with van der Waals surface area (Å²) in [5, 5.41) is 4.62. The monoisotopic (exact) mass is 363 g/mol. The van der Waals surface area contributed by atoms with Gasteiger partial charge in [0.25, 0.3) is 0 Å². The molecule has 0 aliphatic heterocycles. The van der Waals surface area contributed by atoms with Crippen molar-refractivity contribution >= 4 is 50.9 Å². The molecule has 0 saturated heterocycles. The van der Waals surface area contributed by atoms with Crippen LogP contribution in [0.5, 0.6) is 0 Å². The normalized spacial score (nSPS) is 10.9. The first-order valence-corrected chi connectivity index (χ1v) is 7.86. The third-order valence-corrected chi connectivity index (χ3v) is 3.94. The Labute approximate surface area is 127 Å². The summed E-state index contributed by atoms with van der Waals surface area (Å²) in [7, 11) is 0. The molecule has 0 aromatic carbocycles. The van der Waals surface area contributed by atoms with Crippen molar-refractivity contribution in [1.29, 1.82) is 0 Å². The average Bonchev–Trinajstić information content (AvgIpc) is 2.71. The molecule has 2 rings (SSSR count). The molecule has 102 valence electrons. The Kier molecular flexibility index (Phi) is 5.06. The number of halogens is 2. The third-order valence-electron chi connectivity index (χ3n) is 2.25. The van der Waals surface area contributed by atoms with Crippen LogP contribution in [0.3, 0.4) is 0 Å². The zero-order valence-electron chi connectivity index (χ0n) is 10.1. The molecular weight excluding hydrogens is 354 g/mol. The van der Waals surface area contributed by atoms with Gasteiger partial charge in [-0.2, -0.15) is 5.10 Å². The number of hydrogen-bond donors (Lipinski definition) is 0. The molecule has 0 aliphatic rings. The summed E-state index contributed by atoms with van der Waals surface area (Å²) < 4.78 is 7.35. The number of carbonyl (C=O) groups is 1. The fourth-order valence-electron chi connectivity index (χ4n) is 1.51. The minimum atomic E-state index is -0.217. The van der Waals surface area contributed by atoms with Gasteiger partial charge >= 0.3 is 5.97 Å². The van der Waals surface area contributed by atoms with Crippen molar-refractivity contribution in [2.24, 2.45) is 0 Å². The molecule has 2 heterocycles. The minimum Gasteiger partial charge on any atom is -0.465 e. The molecule has 0 bridgehead atoms. The van der Waals surface area contributed by atoms with Gasteiger partial charge in [0.1, 0.15) is 5.15 Å². The van der Waals surface area contributed by atoms with Crippen LogP contribution in [0, 0.1) is 0 Å². The number of fused-ring (bicyclic) bond motifs is 1. The van der Waals surface area contributed by atoms with Crippen LogP contribution in [-0.4, -0.2) is 32.9 Å². The Bertz CT molecular complexity index is 605. The Hall–Kier alpha value is -0.790. The molecule has 0 fully saturated rings. The predicted octanol–water partition coefficient (Wildman–Crippen LogP) is 2.94. The van der Waals surface area contributed by atoms with Crippen LogP contribution >= 0.6 is 39.3 Å². The topological polar surface area (TPSA) is 56.5 Å². The van der Waals surface area contributed by atoms with Gasteiger partial charge in [-0.05, 0) is 28.9 Å². The highest BCUT2D eigenvalue weighted by Gasteiger charge is 2.10. The van der Waals surface area contributed by atoms with E-state index < -0.39 is 0 Å². The average molecular weight is 365 g/mol. The van der Waals surface area contributed by atoms with Gasteiger partial charge in [-0.25, -0.2) is 9.50 Å². The van der Waals surface area contributed by atoms with E-state index in [0.717, 1.165) is 10.2 Å². The molecule has 0 aliphatic carbocycles. The van der Waals surface area contributed by atoms with Crippen molar-refractivity contribution < 1.29 is 9.53 Å². The van der Waals surface area contributed by atoms with E-state index in [4.69, 9.17) is 16.3 Å². The Morgan fingerprint density at radius 3 is 3.16 bits per heavy atom. The number of aromatic nitrogens is 3. The van der Waals surface area contributed by atoms with Crippen LogP contribution in [0.4, 0.5) is 0 Å². The van der Waals surface area contributed by atoms with Crippen LogP contribution < -0.4 is 0 Å². The van der Waals surface area contributed by atoms with Crippen LogP contribution in [0.15, 0.2) is 16.7 Å². The Balaban J connectivity index is 2.10. The van der Waals surface area contributed by atoms with Crippen molar-refractivity contribution in [3.05, 3.63) is 27.6 Å². The predicted molar refractivity (Wildman–Crippen MR) is 78.5 cm³/mol. The molecule has 0 N–H and O–H groups in total. The number of ether oxygens (including phenoxy) is 1. The maximum absolute atomic E-state index is 11.3. The molecular formula is C11H11BrClN3O2S. The molecule has 0 radical (unpaired) electrons. The van der Waals surface area contributed by atoms with E-state index in [1.807, 2.05) is 0 Å². The lowest BCUT2D eigenvalue weighted by molar-refractivity contribution is -0.139. The lowest BCUT2D eigenvalue weighted by Gasteiger charge is -2.05. The number of nitrogens with zero attached hydrogens (tertiary/aromatic N) is 3. The number of hydrogen-bond acceptors (Lipinski definition) is 5. The fraction of sp³-hybridized carbons (Fsp3) is 0.364. The van der Waals surface area contributed by atoms with E-state index in [2.05, 4.69) is 26.0 Å². The minimum absolute atomic E-state index is 0.217. The summed E-state index contributed by atoms with van der Waals surface area (Å²) in [6.07, 6.45) is 1.66. The SMILES string of the molecule is CCOC(=O)CSCc1cc(Cl)nc2c(Br)cnn12. The van der Waals surface area contributed by atoms with Crippen LogP contribution in [0.25, 0.3) is 5.65 Å². The molecule has 0 amide bonds. The van der Waals surface area contributed by atoms with E-state index in [9.17, 15) is 4.79 Å². The summed E-state index contributed by atoms with van der Waals surface area (Å²) in [5.41, 5.74) is 1.55. The summed E-state index contributed by atoms with van der Waals surface area (Å²) in [4.78, 5) is 15.4. The Morgan fingerprint density at radius 2 is 2.42 bits per heavy atom. The van der Waals surface area contributed by atoms with Gasteiger partial charge in [0.15, 0.2) is 5.65 Å². The zero-order valence-corrected chi connectivity index (χ0v) is 13.3. The number of thioether (sulfide) groups is 1. The zero-order chi connectivity index (χ0) is 13.8. The standard InChI is InChI=1S/C11H11BrClN3O2S/c1-2-18-10(17)6-19-5-7-3-9(13)15-11-8(12)4-14-16(7)11/h3-4H,2,5-6H2,1H3. The van der Waals surface area contributed by atoms with Crippen molar-refractivity contribution in [3.8, 4) is 0 Å². The maximum Gasteiger partial charge on any atom is 0.315 e. The molecule has 0 unspecified atom stereocenters. The number of carbonyl (C=O) groups excluding carboxylic acids is 1. The van der Waals surface area contributed by atoms with E-state index in [1.54, 1.807) is 23.7 Å². The van der Waals surface area contributed by atoms with Crippen molar-refractivity contribution in [2.75, 3.05) is 12.4 Å². The van der Waals surface area contributed by atoms with E-state index in [1.165, 1.54) is 11.8 Å². The van der Waals surface area contributed by atoms with Gasteiger partial charge in [-0.15, -0.1) is 11.8 Å². The second-order valence-electron chi connectivity index (χ2n) is 3.60. The summed E-state index contributed by atoms with van der Waals surface area (Å²) in [6.45, 7) is 2.19. The van der Waals surface area contributed by atoms with E-state index in [0.29, 0.717) is 28.9 Å². The molecule has 0 saturated carbocycles. The molecule has 19 heavy (non-hydrogen) atoms. The molecule has 8 heteroatoms. The molecule has 5 nitrogen and oxygen atoms in total. The van der Waals surface area contributed by atoms with Gasteiger partial charge < -0.3 is 4.74 Å². The van der Waals surface area contributed by atoms with Crippen LogP contribution in [0.2, 0.25) is 5.15 Å². The molecule has 0 atom stereocenters. The molecule has 2 aromatic heterocycles. The highest BCUT2D eigenvalue weighted by atomic mass is 79.9. The van der Waals surface area contributed by atoms with Crippen LogP contribution in [-0.2, 0) is 15.3 Å². The van der Waals surface area contributed by atoms with Gasteiger partial charge in [-0.3, -0.25) is 4.79 Å². The highest BCUT2D eigenvalue weighted by Crippen LogP contribution is 2.22. The van der Waals surface area contributed by atoms with Crippen LogP contribution in [0.1, 0.15) is 12.6 Å². The smallest absolute Gasteiger partial charge is 0.315 e. The first-order chi connectivity index (χ1) is 9.11. The second kappa shape index (κ2) is 6.58. The van der Waals surface area contributed by atoms with Crippen molar-refractivity contribution in [1.82, 2.24) is 14.6 Å². The van der Waals surface area contributed by atoms with Crippen molar-refractivity contribution in [3.63, 3.8) is 0 Å². The lowest BCUT2D eigenvalue weighted by Crippen LogP contribution is -2.07. The first kappa shape index (κ1) is 14.6. The fourth-order valence-corrected chi connectivity index (χ4v) is 2.83.